The molecule has 1 aliphatic rings. The lowest BCUT2D eigenvalue weighted by molar-refractivity contribution is 0.249. The Balaban J connectivity index is 1.45. The van der Waals surface area contributed by atoms with Crippen molar-refractivity contribution in [1.29, 1.82) is 0 Å². The van der Waals surface area contributed by atoms with Crippen molar-refractivity contribution in [2.45, 2.75) is 13.5 Å². The van der Waals surface area contributed by atoms with Gasteiger partial charge in [0.05, 0.1) is 22.1 Å². The van der Waals surface area contributed by atoms with E-state index in [1.54, 1.807) is 0 Å². The number of nitrogens with zero attached hydrogens (tertiary/aromatic N) is 4. The molecule has 0 unspecified atom stereocenters. The lowest BCUT2D eigenvalue weighted by Crippen LogP contribution is -2.46. The molecule has 27 heavy (non-hydrogen) atoms. The van der Waals surface area contributed by atoms with Crippen LogP contribution in [0.3, 0.4) is 0 Å². The predicted molar refractivity (Wildman–Crippen MR) is 112 cm³/mol. The first-order valence-electron chi connectivity index (χ1n) is 9.15. The van der Waals surface area contributed by atoms with Crippen LogP contribution >= 0.6 is 23.2 Å². The van der Waals surface area contributed by atoms with Crippen LogP contribution in [0, 0.1) is 6.92 Å². The molecule has 2 heterocycles. The summed E-state index contributed by atoms with van der Waals surface area (Å²) >= 11 is 13.0. The first-order chi connectivity index (χ1) is 13.1. The van der Waals surface area contributed by atoms with Crippen LogP contribution in [0.2, 0.25) is 10.2 Å². The van der Waals surface area contributed by atoms with E-state index in [0.29, 0.717) is 5.15 Å². The fourth-order valence-corrected chi connectivity index (χ4v) is 4.12. The number of hydrogen-bond acceptors (Lipinski definition) is 3. The number of benzene rings is 2. The molecule has 1 saturated heterocycles. The highest BCUT2D eigenvalue weighted by atomic mass is 35.5. The molecule has 0 saturated carbocycles. The summed E-state index contributed by atoms with van der Waals surface area (Å²) in [5, 5.41) is 6.17. The van der Waals surface area contributed by atoms with Gasteiger partial charge in [0.25, 0.3) is 0 Å². The average molecular weight is 401 g/mol. The number of halogens is 2. The zero-order valence-corrected chi connectivity index (χ0v) is 16.8. The van der Waals surface area contributed by atoms with Crippen molar-refractivity contribution >= 4 is 28.9 Å². The van der Waals surface area contributed by atoms with Gasteiger partial charge in [-0.15, -0.1) is 0 Å². The normalized spacial score (nSPS) is 15.3. The minimum atomic E-state index is 0.701. The predicted octanol–water partition coefficient (Wildman–Crippen LogP) is 4.81. The van der Waals surface area contributed by atoms with Crippen molar-refractivity contribution in [3.63, 3.8) is 0 Å². The van der Waals surface area contributed by atoms with Crippen molar-refractivity contribution in [3.8, 4) is 5.69 Å². The van der Waals surface area contributed by atoms with Gasteiger partial charge in [0.1, 0.15) is 5.15 Å². The highest BCUT2D eigenvalue weighted by Crippen LogP contribution is 2.28. The maximum atomic E-state index is 6.67. The van der Waals surface area contributed by atoms with Gasteiger partial charge in [-0.25, -0.2) is 4.68 Å². The fraction of sp³-hybridized carbons (Fsp3) is 0.286. The minimum absolute atomic E-state index is 0.701. The first kappa shape index (κ1) is 18.4. The Hall–Kier alpha value is -2.01. The van der Waals surface area contributed by atoms with Crippen LogP contribution in [-0.4, -0.2) is 40.9 Å². The van der Waals surface area contributed by atoms with Gasteiger partial charge in [0.2, 0.25) is 0 Å². The molecule has 0 bridgehead atoms. The number of piperazine rings is 1. The molecular weight excluding hydrogens is 379 g/mol. The lowest BCUT2D eigenvalue weighted by atomic mass is 10.2. The number of hydrogen-bond donors (Lipinski definition) is 0. The van der Waals surface area contributed by atoms with Crippen LogP contribution < -0.4 is 4.90 Å². The fourth-order valence-electron chi connectivity index (χ4n) is 3.53. The Morgan fingerprint density at radius 1 is 0.889 bits per heavy atom. The zero-order valence-electron chi connectivity index (χ0n) is 15.3. The summed E-state index contributed by atoms with van der Waals surface area (Å²) in [4.78, 5) is 4.78. The van der Waals surface area contributed by atoms with Crippen LogP contribution in [-0.2, 0) is 6.54 Å². The van der Waals surface area contributed by atoms with Crippen molar-refractivity contribution in [2.75, 3.05) is 31.1 Å². The summed E-state index contributed by atoms with van der Waals surface area (Å²) in [5.41, 5.74) is 4.19. The molecule has 0 radical (unpaired) electrons. The summed E-state index contributed by atoms with van der Waals surface area (Å²) in [6.45, 7) is 6.68. The molecule has 1 fully saturated rings. The SMILES string of the molecule is Cc1nn(-c2ccccc2)c(Cl)c1CN1CCN(c2ccccc2Cl)CC1. The van der Waals surface area contributed by atoms with Gasteiger partial charge >= 0.3 is 0 Å². The maximum absolute atomic E-state index is 6.67. The van der Waals surface area contributed by atoms with E-state index in [1.807, 2.05) is 60.1 Å². The molecule has 0 N–H and O–H groups in total. The number of para-hydroxylation sites is 2. The third-order valence-electron chi connectivity index (χ3n) is 5.07. The molecule has 3 aromatic rings. The molecular formula is C21H22Cl2N4. The van der Waals surface area contributed by atoms with E-state index >= 15 is 0 Å². The monoisotopic (exact) mass is 400 g/mol. The smallest absolute Gasteiger partial charge is 0.137 e. The third-order valence-corrected chi connectivity index (χ3v) is 5.78. The highest BCUT2D eigenvalue weighted by Gasteiger charge is 2.22. The minimum Gasteiger partial charge on any atom is -0.368 e. The Bertz CT molecular complexity index is 915. The van der Waals surface area contributed by atoms with Gasteiger partial charge < -0.3 is 4.90 Å². The van der Waals surface area contributed by atoms with Gasteiger partial charge in [0.15, 0.2) is 0 Å². The van der Waals surface area contributed by atoms with E-state index in [2.05, 4.69) is 21.0 Å². The topological polar surface area (TPSA) is 24.3 Å². The molecule has 0 spiro atoms. The second-order valence-electron chi connectivity index (χ2n) is 6.82. The molecule has 0 aliphatic carbocycles. The number of rotatable bonds is 4. The third kappa shape index (κ3) is 3.84. The van der Waals surface area contributed by atoms with E-state index in [1.165, 1.54) is 0 Å². The van der Waals surface area contributed by atoms with Crippen molar-refractivity contribution in [1.82, 2.24) is 14.7 Å². The second kappa shape index (κ2) is 7.93. The molecule has 6 heteroatoms. The summed E-state index contributed by atoms with van der Waals surface area (Å²) in [6.07, 6.45) is 0. The summed E-state index contributed by atoms with van der Waals surface area (Å²) < 4.78 is 1.83. The van der Waals surface area contributed by atoms with Crippen molar-refractivity contribution in [3.05, 3.63) is 76.0 Å². The Kier molecular flexibility index (Phi) is 5.39. The molecule has 4 nitrogen and oxygen atoms in total. The van der Waals surface area contributed by atoms with Gasteiger partial charge in [-0.3, -0.25) is 4.90 Å². The maximum Gasteiger partial charge on any atom is 0.137 e. The number of aromatic nitrogens is 2. The molecule has 1 aromatic heterocycles. The first-order valence-corrected chi connectivity index (χ1v) is 9.90. The van der Waals surface area contributed by atoms with E-state index < -0.39 is 0 Å². The molecule has 1 aliphatic heterocycles. The van der Waals surface area contributed by atoms with Gasteiger partial charge in [0, 0.05) is 38.3 Å². The summed E-state index contributed by atoms with van der Waals surface area (Å²) in [5.74, 6) is 0. The quantitative estimate of drug-likeness (QED) is 0.627. The lowest BCUT2D eigenvalue weighted by Gasteiger charge is -2.36. The van der Waals surface area contributed by atoms with Crippen molar-refractivity contribution in [2.24, 2.45) is 0 Å². The van der Waals surface area contributed by atoms with Gasteiger partial charge in [-0.05, 0) is 31.2 Å². The van der Waals surface area contributed by atoms with E-state index in [-0.39, 0.29) is 0 Å². The van der Waals surface area contributed by atoms with E-state index in [4.69, 9.17) is 23.2 Å². The Morgan fingerprint density at radius 2 is 1.56 bits per heavy atom. The molecule has 2 aromatic carbocycles. The zero-order chi connectivity index (χ0) is 18.8. The van der Waals surface area contributed by atoms with Crippen LogP contribution in [0.5, 0.6) is 0 Å². The molecule has 0 atom stereocenters. The van der Waals surface area contributed by atoms with E-state index in [0.717, 1.165) is 60.4 Å². The number of anilines is 1. The van der Waals surface area contributed by atoms with Crippen molar-refractivity contribution < 1.29 is 0 Å². The molecule has 140 valence electrons. The standard InChI is InChI=1S/C21H22Cl2N4/c1-16-18(21(23)27(24-16)17-7-3-2-4-8-17)15-25-11-13-26(14-12-25)20-10-6-5-9-19(20)22/h2-10H,11-15H2,1H3. The molecule has 0 amide bonds. The Morgan fingerprint density at radius 3 is 2.26 bits per heavy atom. The van der Waals surface area contributed by atoms with Crippen LogP contribution in [0.1, 0.15) is 11.3 Å². The van der Waals surface area contributed by atoms with Gasteiger partial charge in [-0.1, -0.05) is 53.5 Å². The van der Waals surface area contributed by atoms with Gasteiger partial charge in [-0.2, -0.15) is 5.10 Å². The summed E-state index contributed by atoms with van der Waals surface area (Å²) in [6, 6.07) is 18.1. The molecule has 4 rings (SSSR count). The second-order valence-corrected chi connectivity index (χ2v) is 7.58. The van der Waals surface area contributed by atoms with Crippen LogP contribution in [0.15, 0.2) is 54.6 Å². The van der Waals surface area contributed by atoms with Crippen LogP contribution in [0.25, 0.3) is 5.69 Å². The highest BCUT2D eigenvalue weighted by molar-refractivity contribution is 6.33. The largest absolute Gasteiger partial charge is 0.368 e. The average Bonchev–Trinajstić information content (AvgIpc) is 2.98. The Labute approximate surface area is 169 Å². The number of aryl methyl sites for hydroxylation is 1. The summed E-state index contributed by atoms with van der Waals surface area (Å²) in [7, 11) is 0. The van der Waals surface area contributed by atoms with E-state index in [9.17, 15) is 0 Å². The van der Waals surface area contributed by atoms with Crippen LogP contribution in [0.4, 0.5) is 5.69 Å².